The Morgan fingerprint density at radius 3 is 2.46 bits per heavy atom. The Balaban J connectivity index is 1.71. The maximum atomic E-state index is 12.4. The van der Waals surface area contributed by atoms with Gasteiger partial charge >= 0.3 is 5.63 Å². The van der Waals surface area contributed by atoms with Crippen LogP contribution in [-0.2, 0) is 10.5 Å². The number of halogens is 1. The van der Waals surface area contributed by atoms with Crippen molar-refractivity contribution in [3.63, 3.8) is 0 Å². The molecule has 28 heavy (non-hydrogen) atoms. The quantitative estimate of drug-likeness (QED) is 0.555. The van der Waals surface area contributed by atoms with Crippen molar-refractivity contribution in [2.24, 2.45) is 0 Å². The van der Waals surface area contributed by atoms with Gasteiger partial charge in [0.25, 0.3) is 0 Å². The minimum absolute atomic E-state index is 0.127. The highest BCUT2D eigenvalue weighted by atomic mass is 35.5. The van der Waals surface area contributed by atoms with E-state index in [1.165, 1.54) is 17.8 Å². The monoisotopic (exact) mass is 415 g/mol. The zero-order valence-electron chi connectivity index (χ0n) is 16.3. The number of rotatable bonds is 5. The molecule has 3 aromatic rings. The van der Waals surface area contributed by atoms with Gasteiger partial charge in [-0.2, -0.15) is 0 Å². The molecule has 0 unspecified atom stereocenters. The summed E-state index contributed by atoms with van der Waals surface area (Å²) in [5.41, 5.74) is 5.91. The Morgan fingerprint density at radius 1 is 1.04 bits per heavy atom. The van der Waals surface area contributed by atoms with Crippen LogP contribution in [0.15, 0.2) is 39.5 Å². The van der Waals surface area contributed by atoms with Crippen LogP contribution in [-0.4, -0.2) is 11.7 Å². The SMILES string of the molecule is Cc1cc(C)c(NC(=O)CSCc2cc(=O)oc3cc(C)c(C)cc23)c(Cl)c1. The standard InChI is InChI=1S/C22H22ClNO3S/c1-12-5-15(4)22(18(23)6-12)24-20(25)11-28-10-16-9-21(26)27-19-8-14(3)13(2)7-17(16)19/h5-9H,10-11H2,1-4H3,(H,24,25). The van der Waals surface area contributed by atoms with Gasteiger partial charge < -0.3 is 9.73 Å². The molecular formula is C22H22ClNO3S. The molecule has 0 fully saturated rings. The lowest BCUT2D eigenvalue weighted by atomic mass is 10.0. The Labute approximate surface area is 173 Å². The average molecular weight is 416 g/mol. The largest absolute Gasteiger partial charge is 0.423 e. The maximum Gasteiger partial charge on any atom is 0.336 e. The van der Waals surface area contributed by atoms with E-state index in [0.717, 1.165) is 33.2 Å². The van der Waals surface area contributed by atoms with Gasteiger partial charge in [0.2, 0.25) is 5.91 Å². The van der Waals surface area contributed by atoms with E-state index in [1.54, 1.807) is 0 Å². The molecule has 0 aliphatic heterocycles. The molecular weight excluding hydrogens is 394 g/mol. The van der Waals surface area contributed by atoms with Gasteiger partial charge in [0, 0.05) is 17.2 Å². The van der Waals surface area contributed by atoms with Crippen molar-refractivity contribution in [1.82, 2.24) is 0 Å². The Kier molecular flexibility index (Phi) is 6.16. The van der Waals surface area contributed by atoms with Gasteiger partial charge in [0.05, 0.1) is 16.5 Å². The minimum Gasteiger partial charge on any atom is -0.423 e. The molecule has 0 aliphatic carbocycles. The summed E-state index contributed by atoms with van der Waals surface area (Å²) in [6.07, 6.45) is 0. The molecule has 1 aromatic heterocycles. The average Bonchev–Trinajstić information content (AvgIpc) is 2.59. The third-order valence-corrected chi connectivity index (χ3v) is 5.91. The molecule has 3 rings (SSSR count). The number of hydrogen-bond donors (Lipinski definition) is 1. The summed E-state index contributed by atoms with van der Waals surface area (Å²) in [6.45, 7) is 7.89. The summed E-state index contributed by atoms with van der Waals surface area (Å²) < 4.78 is 5.32. The van der Waals surface area contributed by atoms with Gasteiger partial charge in [-0.1, -0.05) is 17.7 Å². The molecule has 1 heterocycles. The zero-order valence-corrected chi connectivity index (χ0v) is 17.9. The fourth-order valence-corrected chi connectivity index (χ4v) is 4.29. The normalized spacial score (nSPS) is 11.0. The number of amides is 1. The first-order valence-electron chi connectivity index (χ1n) is 8.93. The third kappa shape index (κ3) is 4.59. The maximum absolute atomic E-state index is 12.4. The minimum atomic E-state index is -0.377. The molecule has 4 nitrogen and oxygen atoms in total. The van der Waals surface area contributed by atoms with E-state index in [1.807, 2.05) is 52.0 Å². The number of nitrogens with one attached hydrogen (secondary N) is 1. The zero-order chi connectivity index (χ0) is 20.4. The number of aryl methyl sites for hydroxylation is 4. The number of benzene rings is 2. The van der Waals surface area contributed by atoms with Gasteiger partial charge in [0.15, 0.2) is 0 Å². The summed E-state index contributed by atoms with van der Waals surface area (Å²) in [5, 5.41) is 4.33. The van der Waals surface area contributed by atoms with Crippen LogP contribution < -0.4 is 10.9 Å². The van der Waals surface area contributed by atoms with Crippen molar-refractivity contribution >= 4 is 45.9 Å². The molecule has 6 heteroatoms. The summed E-state index contributed by atoms with van der Waals surface area (Å²) in [6, 6.07) is 9.22. The van der Waals surface area contributed by atoms with Gasteiger partial charge in [-0.25, -0.2) is 4.79 Å². The lowest BCUT2D eigenvalue weighted by Crippen LogP contribution is -2.15. The first kappa shape index (κ1) is 20.5. The lowest BCUT2D eigenvalue weighted by Gasteiger charge is -2.12. The van der Waals surface area contributed by atoms with Crippen molar-refractivity contribution < 1.29 is 9.21 Å². The predicted molar refractivity (Wildman–Crippen MR) is 118 cm³/mol. The molecule has 0 saturated carbocycles. The van der Waals surface area contributed by atoms with Crippen LogP contribution in [0.2, 0.25) is 5.02 Å². The summed E-state index contributed by atoms with van der Waals surface area (Å²) >= 11 is 7.70. The second-order valence-electron chi connectivity index (χ2n) is 7.00. The number of fused-ring (bicyclic) bond motifs is 1. The van der Waals surface area contributed by atoms with Crippen molar-refractivity contribution in [2.75, 3.05) is 11.1 Å². The summed E-state index contributed by atoms with van der Waals surface area (Å²) in [4.78, 5) is 24.2. The highest BCUT2D eigenvalue weighted by Gasteiger charge is 2.12. The van der Waals surface area contributed by atoms with E-state index in [4.69, 9.17) is 16.0 Å². The highest BCUT2D eigenvalue weighted by molar-refractivity contribution is 7.99. The molecule has 146 valence electrons. The van der Waals surface area contributed by atoms with Crippen LogP contribution in [0.1, 0.15) is 27.8 Å². The first-order valence-corrected chi connectivity index (χ1v) is 10.5. The Morgan fingerprint density at radius 2 is 1.75 bits per heavy atom. The number of hydrogen-bond acceptors (Lipinski definition) is 4. The van der Waals surface area contributed by atoms with Crippen LogP contribution in [0.25, 0.3) is 11.0 Å². The third-order valence-electron chi connectivity index (χ3n) is 4.63. The molecule has 0 atom stereocenters. The van der Waals surface area contributed by atoms with Crippen molar-refractivity contribution in [2.45, 2.75) is 33.4 Å². The van der Waals surface area contributed by atoms with E-state index >= 15 is 0 Å². The summed E-state index contributed by atoms with van der Waals surface area (Å²) in [5.74, 6) is 0.674. The van der Waals surface area contributed by atoms with Gasteiger partial charge in [0.1, 0.15) is 5.58 Å². The van der Waals surface area contributed by atoms with E-state index in [9.17, 15) is 9.59 Å². The molecule has 0 aliphatic rings. The van der Waals surface area contributed by atoms with E-state index in [-0.39, 0.29) is 17.3 Å². The van der Waals surface area contributed by atoms with E-state index in [0.29, 0.717) is 22.0 Å². The topological polar surface area (TPSA) is 59.3 Å². The number of anilines is 1. The molecule has 0 bridgehead atoms. The van der Waals surface area contributed by atoms with Crippen LogP contribution in [0, 0.1) is 27.7 Å². The molecule has 0 spiro atoms. The number of carbonyl (C=O) groups is 1. The molecule has 1 amide bonds. The van der Waals surface area contributed by atoms with E-state index in [2.05, 4.69) is 5.32 Å². The smallest absolute Gasteiger partial charge is 0.336 e. The fraction of sp³-hybridized carbons (Fsp3) is 0.273. The van der Waals surface area contributed by atoms with Gasteiger partial charge in [-0.3, -0.25) is 4.79 Å². The second kappa shape index (κ2) is 8.41. The number of thioether (sulfide) groups is 1. The van der Waals surface area contributed by atoms with Gasteiger partial charge in [-0.15, -0.1) is 11.8 Å². The fourth-order valence-electron chi connectivity index (χ4n) is 3.11. The molecule has 2 aromatic carbocycles. The van der Waals surface area contributed by atoms with Crippen molar-refractivity contribution in [3.05, 3.63) is 73.6 Å². The van der Waals surface area contributed by atoms with Crippen LogP contribution in [0.3, 0.4) is 0 Å². The highest BCUT2D eigenvalue weighted by Crippen LogP contribution is 2.28. The summed E-state index contributed by atoms with van der Waals surface area (Å²) in [7, 11) is 0. The van der Waals surface area contributed by atoms with Gasteiger partial charge in [-0.05, 0) is 73.7 Å². The van der Waals surface area contributed by atoms with E-state index < -0.39 is 0 Å². The Bertz CT molecular complexity index is 1100. The number of carbonyl (C=O) groups excluding carboxylic acids is 1. The van der Waals surface area contributed by atoms with Crippen LogP contribution in [0.4, 0.5) is 5.69 Å². The first-order chi connectivity index (χ1) is 13.2. The molecule has 1 N–H and O–H groups in total. The van der Waals surface area contributed by atoms with Crippen LogP contribution in [0.5, 0.6) is 0 Å². The van der Waals surface area contributed by atoms with Crippen molar-refractivity contribution in [1.29, 1.82) is 0 Å². The lowest BCUT2D eigenvalue weighted by molar-refractivity contribution is -0.113. The second-order valence-corrected chi connectivity index (χ2v) is 8.40. The van der Waals surface area contributed by atoms with Crippen LogP contribution >= 0.6 is 23.4 Å². The molecule has 0 radical (unpaired) electrons. The van der Waals surface area contributed by atoms with Crippen molar-refractivity contribution in [3.8, 4) is 0 Å². The molecule has 0 saturated heterocycles. The Hall–Kier alpha value is -2.24. The predicted octanol–water partition coefficient (Wildman–Crippen LogP) is 5.55.